The molecule has 12 aromatic rings. The first-order chi connectivity index (χ1) is 31.3. The van der Waals surface area contributed by atoms with Crippen molar-refractivity contribution < 1.29 is 4.42 Å². The zero-order valence-corrected chi connectivity index (χ0v) is 34.4. The Hall–Kier alpha value is -8.40. The van der Waals surface area contributed by atoms with Gasteiger partial charge in [-0.15, -0.1) is 0 Å². The highest BCUT2D eigenvalue weighted by atomic mass is 16.3. The van der Waals surface area contributed by atoms with Gasteiger partial charge in [0, 0.05) is 49.7 Å². The highest BCUT2D eigenvalue weighted by Gasteiger charge is 2.22. The van der Waals surface area contributed by atoms with E-state index in [1.54, 1.807) is 0 Å². The van der Waals surface area contributed by atoms with Crippen LogP contribution in [0.1, 0.15) is 0 Å². The molecule has 0 radical (unpaired) electrons. The molecule has 63 heavy (non-hydrogen) atoms. The summed E-state index contributed by atoms with van der Waals surface area (Å²) in [5.41, 5.74) is 17.6. The first kappa shape index (κ1) is 36.5. The van der Waals surface area contributed by atoms with Crippen LogP contribution in [0.15, 0.2) is 247 Å². The number of para-hydroxylation sites is 4. The van der Waals surface area contributed by atoms with Crippen molar-refractivity contribution in [2.24, 2.45) is 0 Å². The van der Waals surface area contributed by atoms with Gasteiger partial charge in [0.2, 0.25) is 0 Å². The lowest BCUT2D eigenvalue weighted by Gasteiger charge is -2.28. The second-order valence-electron chi connectivity index (χ2n) is 16.1. The maximum Gasteiger partial charge on any atom is 0.143 e. The molecule has 2 heterocycles. The van der Waals surface area contributed by atoms with Gasteiger partial charge in [-0.3, -0.25) is 0 Å². The Morgan fingerprint density at radius 1 is 0.302 bits per heavy atom. The molecule has 0 aliphatic heterocycles. The van der Waals surface area contributed by atoms with Crippen molar-refractivity contribution in [2.75, 3.05) is 4.90 Å². The van der Waals surface area contributed by atoms with E-state index >= 15 is 0 Å². The number of benzene rings is 10. The van der Waals surface area contributed by atoms with Crippen molar-refractivity contribution in [2.45, 2.75) is 0 Å². The van der Waals surface area contributed by atoms with Crippen molar-refractivity contribution in [1.82, 2.24) is 4.57 Å². The molecule has 0 aliphatic rings. The molecule has 0 atom stereocenters. The first-order valence-corrected chi connectivity index (χ1v) is 21.5. The lowest BCUT2D eigenvalue weighted by molar-refractivity contribution is 0.670. The fraction of sp³-hybridized carbons (Fsp3) is 0. The van der Waals surface area contributed by atoms with Gasteiger partial charge in [-0.1, -0.05) is 188 Å². The molecular weight excluding hydrogens is 765 g/mol. The predicted molar refractivity (Wildman–Crippen MR) is 264 cm³/mol. The van der Waals surface area contributed by atoms with Crippen LogP contribution >= 0.6 is 0 Å². The Kier molecular flexibility index (Phi) is 8.83. The summed E-state index contributed by atoms with van der Waals surface area (Å²) in [6.45, 7) is 0. The second kappa shape index (κ2) is 15.3. The Labute approximate surface area is 366 Å². The second-order valence-corrected chi connectivity index (χ2v) is 16.1. The van der Waals surface area contributed by atoms with Gasteiger partial charge < -0.3 is 13.9 Å². The number of hydrogen-bond donors (Lipinski definition) is 0. The van der Waals surface area contributed by atoms with Crippen molar-refractivity contribution in [1.29, 1.82) is 0 Å². The minimum atomic E-state index is 0.899. The molecule has 3 heteroatoms. The molecule has 0 amide bonds. The third-order valence-electron chi connectivity index (χ3n) is 12.4. The van der Waals surface area contributed by atoms with Gasteiger partial charge in [-0.05, 0) is 88.0 Å². The molecular formula is C60H40N2O. The zero-order chi connectivity index (χ0) is 41.7. The molecule has 10 aromatic carbocycles. The fourth-order valence-corrected chi connectivity index (χ4v) is 9.49. The molecule has 296 valence electrons. The molecule has 2 aromatic heterocycles. The topological polar surface area (TPSA) is 21.3 Å². The fourth-order valence-electron chi connectivity index (χ4n) is 9.49. The summed E-state index contributed by atoms with van der Waals surface area (Å²) in [6, 6.07) is 87.2. The Morgan fingerprint density at radius 3 is 1.46 bits per heavy atom. The van der Waals surface area contributed by atoms with E-state index in [0.29, 0.717) is 0 Å². The van der Waals surface area contributed by atoms with Crippen LogP contribution < -0.4 is 4.90 Å². The minimum Gasteiger partial charge on any atom is -0.455 e. The Balaban J connectivity index is 1.07. The van der Waals surface area contributed by atoms with Crippen LogP contribution in [0.3, 0.4) is 0 Å². The summed E-state index contributed by atoms with van der Waals surface area (Å²) >= 11 is 0. The van der Waals surface area contributed by atoms with Crippen LogP contribution in [-0.4, -0.2) is 4.57 Å². The Bertz CT molecular complexity index is 3550. The van der Waals surface area contributed by atoms with Crippen molar-refractivity contribution in [3.05, 3.63) is 243 Å². The average Bonchev–Trinajstić information content (AvgIpc) is 3.91. The van der Waals surface area contributed by atoms with Gasteiger partial charge in [-0.25, -0.2) is 0 Å². The monoisotopic (exact) mass is 804 g/mol. The summed E-state index contributed by atoms with van der Waals surface area (Å²) in [5, 5.41) is 4.71. The van der Waals surface area contributed by atoms with Gasteiger partial charge in [0.25, 0.3) is 0 Å². The molecule has 0 unspecified atom stereocenters. The van der Waals surface area contributed by atoms with E-state index < -0.39 is 0 Å². The van der Waals surface area contributed by atoms with Crippen LogP contribution in [0.2, 0.25) is 0 Å². The van der Waals surface area contributed by atoms with E-state index in [0.717, 1.165) is 72.4 Å². The summed E-state index contributed by atoms with van der Waals surface area (Å²) in [4.78, 5) is 2.38. The predicted octanol–water partition coefficient (Wildman–Crippen LogP) is 16.8. The van der Waals surface area contributed by atoms with E-state index in [4.69, 9.17) is 4.42 Å². The molecule has 0 saturated heterocycles. The van der Waals surface area contributed by atoms with E-state index in [1.807, 2.05) is 12.1 Å². The van der Waals surface area contributed by atoms with Crippen molar-refractivity contribution in [3.63, 3.8) is 0 Å². The number of nitrogens with zero attached hydrogens (tertiary/aromatic N) is 2. The number of rotatable bonds is 8. The first-order valence-electron chi connectivity index (χ1n) is 21.5. The maximum atomic E-state index is 6.48. The maximum absolute atomic E-state index is 6.48. The molecule has 0 aliphatic carbocycles. The van der Waals surface area contributed by atoms with E-state index in [-0.39, 0.29) is 0 Å². The molecule has 0 bridgehead atoms. The lowest BCUT2D eigenvalue weighted by atomic mass is 9.93. The highest BCUT2D eigenvalue weighted by molar-refractivity contribution is 6.11. The highest BCUT2D eigenvalue weighted by Crippen LogP contribution is 2.45. The van der Waals surface area contributed by atoms with E-state index in [9.17, 15) is 0 Å². The van der Waals surface area contributed by atoms with Crippen LogP contribution in [-0.2, 0) is 0 Å². The van der Waals surface area contributed by atoms with Crippen LogP contribution in [0.25, 0.3) is 93.9 Å². The summed E-state index contributed by atoms with van der Waals surface area (Å²) in [5.74, 6) is 0. The summed E-state index contributed by atoms with van der Waals surface area (Å²) in [7, 11) is 0. The van der Waals surface area contributed by atoms with Gasteiger partial charge in [0.1, 0.15) is 11.2 Å². The molecule has 12 rings (SSSR count). The number of furan rings is 1. The van der Waals surface area contributed by atoms with Crippen LogP contribution in [0.5, 0.6) is 0 Å². The quantitative estimate of drug-likeness (QED) is 0.153. The van der Waals surface area contributed by atoms with Crippen LogP contribution in [0, 0.1) is 0 Å². The molecule has 0 fully saturated rings. The standard InChI is InChI=1S/C60H40N2O/c1-3-16-41(17-4-1)42-30-34-45(35-31-42)61(46-36-32-44(33-37-46)49-25-15-26-55-54-24-11-14-29-59(54)63-60(49)55)47-38-39-53(50-21-8-7-20-48(50)43-18-5-2-6-19-43)58(40-47)62-56-27-12-9-22-51(56)52-23-10-13-28-57(52)62/h1-40H. The van der Waals surface area contributed by atoms with Crippen molar-refractivity contribution in [3.8, 4) is 50.2 Å². The third kappa shape index (κ3) is 6.29. The van der Waals surface area contributed by atoms with Crippen LogP contribution in [0.4, 0.5) is 17.1 Å². The van der Waals surface area contributed by atoms with E-state index in [1.165, 1.54) is 38.6 Å². The largest absolute Gasteiger partial charge is 0.455 e. The lowest BCUT2D eigenvalue weighted by Crippen LogP contribution is -2.11. The van der Waals surface area contributed by atoms with Gasteiger partial charge in [-0.2, -0.15) is 0 Å². The normalized spacial score (nSPS) is 11.5. The smallest absolute Gasteiger partial charge is 0.143 e. The minimum absolute atomic E-state index is 0.899. The molecule has 0 N–H and O–H groups in total. The molecule has 0 saturated carbocycles. The number of aromatic nitrogens is 1. The number of anilines is 3. The van der Waals surface area contributed by atoms with E-state index in [2.05, 4.69) is 240 Å². The molecule has 3 nitrogen and oxygen atoms in total. The van der Waals surface area contributed by atoms with Crippen molar-refractivity contribution >= 4 is 60.8 Å². The third-order valence-corrected chi connectivity index (χ3v) is 12.4. The molecule has 0 spiro atoms. The SMILES string of the molecule is c1ccc(-c2ccc(N(c3ccc(-c4cccc5c4oc4ccccc45)cc3)c3ccc(-c4ccccc4-c4ccccc4)c(-n4c5ccccc5c5ccccc54)c3)cc2)cc1. The van der Waals surface area contributed by atoms with Gasteiger partial charge in [0.15, 0.2) is 0 Å². The van der Waals surface area contributed by atoms with Gasteiger partial charge in [0.05, 0.1) is 16.7 Å². The summed E-state index contributed by atoms with van der Waals surface area (Å²) < 4.78 is 8.94. The van der Waals surface area contributed by atoms with Gasteiger partial charge >= 0.3 is 0 Å². The zero-order valence-electron chi connectivity index (χ0n) is 34.4. The Morgan fingerprint density at radius 2 is 0.778 bits per heavy atom. The number of hydrogen-bond acceptors (Lipinski definition) is 2. The summed E-state index contributed by atoms with van der Waals surface area (Å²) in [6.07, 6.45) is 0. The average molecular weight is 805 g/mol. The number of fused-ring (bicyclic) bond motifs is 6.